The molecule has 0 aromatic heterocycles. The van der Waals surface area contributed by atoms with Crippen molar-refractivity contribution >= 4 is 17.4 Å². The molecule has 0 amide bonds. The molecule has 0 spiro atoms. The molecule has 35 heavy (non-hydrogen) atoms. The number of carbonyl (C=O) groups is 1. The second kappa shape index (κ2) is 11.8. The summed E-state index contributed by atoms with van der Waals surface area (Å²) in [5.41, 5.74) is 4.74. The molecule has 3 aromatic rings. The molecule has 0 saturated carbocycles. The summed E-state index contributed by atoms with van der Waals surface area (Å²) in [6.07, 6.45) is 0.795. The summed E-state index contributed by atoms with van der Waals surface area (Å²) in [6.45, 7) is 1.46. The third-order valence-electron chi connectivity index (χ3n) is 5.65. The largest absolute Gasteiger partial charge is 0.489 e. The van der Waals surface area contributed by atoms with Crippen molar-refractivity contribution in [3.63, 3.8) is 0 Å². The lowest BCUT2D eigenvalue weighted by atomic mass is 9.91. The molecule has 7 heteroatoms. The number of ether oxygens (including phenoxy) is 2. The highest BCUT2D eigenvalue weighted by Crippen LogP contribution is 2.28. The summed E-state index contributed by atoms with van der Waals surface area (Å²) in [4.78, 5) is 20.4. The molecule has 0 aliphatic carbocycles. The van der Waals surface area contributed by atoms with Crippen molar-refractivity contribution < 1.29 is 24.2 Å². The van der Waals surface area contributed by atoms with Crippen LogP contribution in [0.5, 0.6) is 11.5 Å². The van der Waals surface area contributed by atoms with Gasteiger partial charge >= 0.3 is 5.97 Å². The van der Waals surface area contributed by atoms with E-state index in [9.17, 15) is 9.90 Å². The predicted molar refractivity (Wildman–Crippen MR) is 135 cm³/mol. The molecule has 3 aromatic carbocycles. The van der Waals surface area contributed by atoms with Crippen LogP contribution in [0, 0.1) is 0 Å². The number of benzene rings is 3. The third kappa shape index (κ3) is 7.43. The molecule has 180 valence electrons. The summed E-state index contributed by atoms with van der Waals surface area (Å²) < 4.78 is 11.8. The maximum Gasteiger partial charge on any atom is 0.303 e. The average Bonchev–Trinajstić information content (AvgIpc) is 3.70. The van der Waals surface area contributed by atoms with Crippen LogP contribution in [0.1, 0.15) is 35.4 Å². The highest BCUT2D eigenvalue weighted by atomic mass is 16.6. The Morgan fingerprint density at radius 1 is 0.971 bits per heavy atom. The lowest BCUT2D eigenvalue weighted by molar-refractivity contribution is -0.137. The van der Waals surface area contributed by atoms with Crippen LogP contribution in [-0.4, -0.2) is 42.8 Å². The number of carboxylic acids is 1. The zero-order chi connectivity index (χ0) is 24.5. The van der Waals surface area contributed by atoms with Gasteiger partial charge in [-0.25, -0.2) is 0 Å². The summed E-state index contributed by atoms with van der Waals surface area (Å²) >= 11 is 0. The molecule has 4 rings (SSSR count). The van der Waals surface area contributed by atoms with Crippen molar-refractivity contribution in [2.24, 2.45) is 10.1 Å². The van der Waals surface area contributed by atoms with Gasteiger partial charge < -0.3 is 19.4 Å². The topological polar surface area (TPSA) is 89.7 Å². The predicted octanol–water partition coefficient (Wildman–Crippen LogP) is 5.10. The Kier molecular flexibility index (Phi) is 8.12. The Morgan fingerprint density at radius 2 is 1.63 bits per heavy atom. The van der Waals surface area contributed by atoms with Crippen molar-refractivity contribution in [1.82, 2.24) is 0 Å². The lowest BCUT2D eigenvalue weighted by Gasteiger charge is -2.14. The molecule has 0 radical (unpaired) electrons. The number of oxime groups is 1. The molecular formula is C28H28N2O5. The second-order valence-corrected chi connectivity index (χ2v) is 8.26. The number of rotatable bonds is 13. The monoisotopic (exact) mass is 472 g/mol. The summed E-state index contributed by atoms with van der Waals surface area (Å²) in [7, 11) is 1.52. The fourth-order valence-corrected chi connectivity index (χ4v) is 3.73. The minimum absolute atomic E-state index is 0.0633. The van der Waals surface area contributed by atoms with E-state index >= 15 is 0 Å². The smallest absolute Gasteiger partial charge is 0.303 e. The normalized spacial score (nSPS) is 13.5. The second-order valence-electron chi connectivity index (χ2n) is 8.26. The standard InChI is InChI=1S/C28H28N2O5/c1-33-30-27(22-5-3-2-4-6-22)19-35-25-11-7-20(8-12-25)18-34-26-13-9-21(10-14-26)23(16-28(31)32)15-24-17-29-24/h2-14,23H,15-19H2,1H3,(H,31,32). The van der Waals surface area contributed by atoms with Gasteiger partial charge in [-0.2, -0.15) is 0 Å². The van der Waals surface area contributed by atoms with Crippen LogP contribution in [0.3, 0.4) is 0 Å². The first-order valence-electron chi connectivity index (χ1n) is 11.4. The fraction of sp³-hybridized carbons (Fsp3) is 0.250. The van der Waals surface area contributed by atoms with Crippen molar-refractivity contribution in [2.45, 2.75) is 25.4 Å². The molecule has 1 heterocycles. The third-order valence-corrected chi connectivity index (χ3v) is 5.65. The van der Waals surface area contributed by atoms with Gasteiger partial charge in [-0.05, 0) is 47.7 Å². The Hall–Kier alpha value is -4.13. The van der Waals surface area contributed by atoms with Crippen LogP contribution in [0.2, 0.25) is 0 Å². The van der Waals surface area contributed by atoms with Crippen LogP contribution in [-0.2, 0) is 16.2 Å². The van der Waals surface area contributed by atoms with Crippen molar-refractivity contribution in [3.8, 4) is 11.5 Å². The van der Waals surface area contributed by atoms with Gasteiger partial charge in [0.1, 0.15) is 37.5 Å². The van der Waals surface area contributed by atoms with E-state index in [0.29, 0.717) is 18.7 Å². The van der Waals surface area contributed by atoms with Gasteiger partial charge in [0.2, 0.25) is 0 Å². The Labute approximate surface area is 204 Å². The molecule has 0 fully saturated rings. The van der Waals surface area contributed by atoms with Gasteiger partial charge in [-0.15, -0.1) is 0 Å². The molecule has 1 aliphatic heterocycles. The molecule has 1 N–H and O–H groups in total. The highest BCUT2D eigenvalue weighted by molar-refractivity contribution is 6.01. The van der Waals surface area contributed by atoms with Crippen LogP contribution >= 0.6 is 0 Å². The minimum atomic E-state index is -0.800. The molecule has 0 saturated heterocycles. The Balaban J connectivity index is 1.29. The minimum Gasteiger partial charge on any atom is -0.489 e. The lowest BCUT2D eigenvalue weighted by Crippen LogP contribution is -2.13. The zero-order valence-electron chi connectivity index (χ0n) is 19.6. The van der Waals surface area contributed by atoms with Crippen LogP contribution < -0.4 is 9.47 Å². The van der Waals surface area contributed by atoms with Crippen LogP contribution in [0.15, 0.2) is 89.0 Å². The van der Waals surface area contributed by atoms with E-state index in [2.05, 4.69) is 10.1 Å². The first-order valence-corrected chi connectivity index (χ1v) is 11.4. The van der Waals surface area contributed by atoms with Gasteiger partial charge in [0.05, 0.1) is 13.0 Å². The fourth-order valence-electron chi connectivity index (χ4n) is 3.73. The molecule has 0 bridgehead atoms. The zero-order valence-corrected chi connectivity index (χ0v) is 19.6. The first-order chi connectivity index (χ1) is 17.1. The van der Waals surface area contributed by atoms with Gasteiger partial charge in [0.15, 0.2) is 0 Å². The number of aliphatic imine (C=N–C) groups is 1. The number of hydrogen-bond acceptors (Lipinski definition) is 6. The van der Waals surface area contributed by atoms with Crippen LogP contribution in [0.25, 0.3) is 0 Å². The number of nitrogens with zero attached hydrogens (tertiary/aromatic N) is 2. The van der Waals surface area contributed by atoms with Gasteiger partial charge in [0, 0.05) is 11.3 Å². The number of carboxylic acid groups (broad SMARTS) is 1. The Bertz CT molecular complexity index is 1170. The maximum atomic E-state index is 11.2. The molecule has 1 aliphatic rings. The van der Waals surface area contributed by atoms with E-state index in [-0.39, 0.29) is 18.9 Å². The van der Waals surface area contributed by atoms with Crippen molar-refractivity contribution in [2.75, 3.05) is 20.3 Å². The van der Waals surface area contributed by atoms with Crippen LogP contribution in [0.4, 0.5) is 0 Å². The van der Waals surface area contributed by atoms with E-state index in [4.69, 9.17) is 14.3 Å². The maximum absolute atomic E-state index is 11.2. The molecular weight excluding hydrogens is 444 g/mol. The van der Waals surface area contributed by atoms with E-state index in [0.717, 1.165) is 40.4 Å². The van der Waals surface area contributed by atoms with Crippen molar-refractivity contribution in [3.05, 3.63) is 95.6 Å². The van der Waals surface area contributed by atoms with E-state index in [1.807, 2.05) is 78.9 Å². The summed E-state index contributed by atoms with van der Waals surface area (Å²) in [5.74, 6) is 0.593. The van der Waals surface area contributed by atoms with Gasteiger partial charge in [-0.1, -0.05) is 59.8 Å². The first kappa shape index (κ1) is 24.0. The molecule has 1 unspecified atom stereocenters. The van der Waals surface area contributed by atoms with E-state index in [1.165, 1.54) is 7.11 Å². The summed E-state index contributed by atoms with van der Waals surface area (Å²) in [5, 5.41) is 13.3. The van der Waals surface area contributed by atoms with E-state index in [1.54, 1.807) is 0 Å². The molecule has 7 nitrogen and oxygen atoms in total. The molecule has 1 atom stereocenters. The quantitative estimate of drug-likeness (QED) is 0.276. The van der Waals surface area contributed by atoms with Gasteiger partial charge in [0.25, 0.3) is 0 Å². The highest BCUT2D eigenvalue weighted by Gasteiger charge is 2.21. The Morgan fingerprint density at radius 3 is 2.26 bits per heavy atom. The van der Waals surface area contributed by atoms with Gasteiger partial charge in [-0.3, -0.25) is 9.79 Å². The van der Waals surface area contributed by atoms with E-state index < -0.39 is 5.97 Å². The number of hydrogen-bond donors (Lipinski definition) is 1. The SMILES string of the molecule is CON=C(COc1ccc(COc2ccc(C(CC(=O)O)CC3=NC3)cc2)cc1)c1ccccc1. The van der Waals surface area contributed by atoms with Crippen molar-refractivity contribution in [1.29, 1.82) is 0 Å². The summed E-state index contributed by atoms with van der Waals surface area (Å²) in [6, 6.07) is 25.1. The number of aliphatic carboxylic acids is 1. The average molecular weight is 473 g/mol.